The number of aryl methyl sites for hydroxylation is 1. The summed E-state index contributed by atoms with van der Waals surface area (Å²) in [5.74, 6) is 5.02. The summed E-state index contributed by atoms with van der Waals surface area (Å²) in [5, 5.41) is 2.62. The molecule has 0 fully saturated rings. The van der Waals surface area contributed by atoms with Crippen LogP contribution in [0.3, 0.4) is 0 Å². The Hall–Kier alpha value is -2.32. The average molecular weight is 259 g/mol. The average Bonchev–Trinajstić information content (AvgIpc) is 2.36. The molecule has 0 radical (unpaired) electrons. The van der Waals surface area contributed by atoms with Crippen LogP contribution in [0.5, 0.6) is 0 Å². The third-order valence-corrected chi connectivity index (χ3v) is 2.47. The second-order valence-electron chi connectivity index (χ2n) is 4.01. The fourth-order valence-electron chi connectivity index (χ4n) is 1.49. The van der Waals surface area contributed by atoms with E-state index in [4.69, 9.17) is 11.5 Å². The topological polar surface area (TPSA) is 98.2 Å². The van der Waals surface area contributed by atoms with E-state index in [9.17, 15) is 9.59 Å². The van der Waals surface area contributed by atoms with Crippen LogP contribution in [0.4, 0.5) is 0 Å². The third-order valence-electron chi connectivity index (χ3n) is 2.47. The molecular weight excluding hydrogens is 242 g/mol. The van der Waals surface area contributed by atoms with Crippen molar-refractivity contribution in [3.63, 3.8) is 0 Å². The molecule has 5 N–H and O–H groups in total. The van der Waals surface area contributed by atoms with Gasteiger partial charge in [-0.3, -0.25) is 9.59 Å². The van der Waals surface area contributed by atoms with Gasteiger partial charge in [-0.05, 0) is 30.7 Å². The molecule has 0 aliphatic heterocycles. The van der Waals surface area contributed by atoms with Crippen LogP contribution in [-0.4, -0.2) is 24.9 Å². The summed E-state index contributed by atoms with van der Waals surface area (Å²) in [5.41, 5.74) is 12.6. The summed E-state index contributed by atoms with van der Waals surface area (Å²) < 4.78 is 0. The summed E-state index contributed by atoms with van der Waals surface area (Å²) >= 11 is 0. The molecule has 2 amide bonds. The molecule has 100 valence electrons. The van der Waals surface area contributed by atoms with Gasteiger partial charge in [0.25, 0.3) is 5.91 Å². The summed E-state index contributed by atoms with van der Waals surface area (Å²) in [6.07, 6.45) is 0.130. The van der Waals surface area contributed by atoms with Crippen LogP contribution >= 0.6 is 0 Å². The molecule has 1 rings (SSSR count). The Labute approximate surface area is 112 Å². The van der Waals surface area contributed by atoms with Crippen LogP contribution in [0.2, 0.25) is 0 Å². The smallest absolute Gasteiger partial charge is 0.251 e. The minimum absolute atomic E-state index is 0.130. The Morgan fingerprint density at radius 3 is 2.68 bits per heavy atom. The first-order valence-electron chi connectivity index (χ1n) is 5.90. The molecule has 5 nitrogen and oxygen atoms in total. The van der Waals surface area contributed by atoms with Crippen molar-refractivity contribution in [1.29, 1.82) is 0 Å². The lowest BCUT2D eigenvalue weighted by atomic mass is 10.0. The first-order valence-corrected chi connectivity index (χ1v) is 5.90. The van der Waals surface area contributed by atoms with Crippen molar-refractivity contribution in [2.24, 2.45) is 11.5 Å². The van der Waals surface area contributed by atoms with E-state index < -0.39 is 5.91 Å². The molecule has 0 saturated heterocycles. The SMILES string of the molecule is Cc1cc(C(=O)NCCC(N)=O)ccc1C#CCN. The molecule has 19 heavy (non-hydrogen) atoms. The summed E-state index contributed by atoms with van der Waals surface area (Å²) in [7, 11) is 0. The molecule has 0 aromatic heterocycles. The van der Waals surface area contributed by atoms with E-state index in [-0.39, 0.29) is 18.9 Å². The van der Waals surface area contributed by atoms with Gasteiger partial charge in [0.05, 0.1) is 6.54 Å². The Morgan fingerprint density at radius 2 is 2.11 bits per heavy atom. The van der Waals surface area contributed by atoms with Gasteiger partial charge >= 0.3 is 0 Å². The summed E-state index contributed by atoms with van der Waals surface area (Å²) in [6, 6.07) is 5.22. The summed E-state index contributed by atoms with van der Waals surface area (Å²) in [6.45, 7) is 2.41. The summed E-state index contributed by atoms with van der Waals surface area (Å²) in [4.78, 5) is 22.3. The van der Waals surface area contributed by atoms with Gasteiger partial charge in [-0.2, -0.15) is 0 Å². The lowest BCUT2D eigenvalue weighted by Gasteiger charge is -2.06. The fraction of sp³-hybridized carbons (Fsp3) is 0.286. The van der Waals surface area contributed by atoms with E-state index in [1.54, 1.807) is 18.2 Å². The van der Waals surface area contributed by atoms with E-state index in [1.165, 1.54) is 0 Å². The lowest BCUT2D eigenvalue weighted by Crippen LogP contribution is -2.27. The number of nitrogens with two attached hydrogens (primary N) is 2. The largest absolute Gasteiger partial charge is 0.370 e. The zero-order chi connectivity index (χ0) is 14.3. The quantitative estimate of drug-likeness (QED) is 0.659. The predicted molar refractivity (Wildman–Crippen MR) is 73.3 cm³/mol. The lowest BCUT2D eigenvalue weighted by molar-refractivity contribution is -0.117. The minimum atomic E-state index is -0.441. The van der Waals surface area contributed by atoms with Crippen molar-refractivity contribution < 1.29 is 9.59 Å². The minimum Gasteiger partial charge on any atom is -0.370 e. The van der Waals surface area contributed by atoms with Gasteiger partial charge in [-0.15, -0.1) is 0 Å². The van der Waals surface area contributed by atoms with Gasteiger partial charge in [0.2, 0.25) is 5.91 Å². The molecule has 1 aromatic carbocycles. The molecule has 0 spiro atoms. The highest BCUT2D eigenvalue weighted by atomic mass is 16.2. The van der Waals surface area contributed by atoms with E-state index in [2.05, 4.69) is 17.2 Å². The monoisotopic (exact) mass is 259 g/mol. The number of amides is 2. The molecule has 0 unspecified atom stereocenters. The molecule has 0 bridgehead atoms. The molecule has 0 aliphatic rings. The third kappa shape index (κ3) is 4.82. The number of nitrogens with one attached hydrogen (secondary N) is 1. The Bertz CT molecular complexity index is 541. The number of benzene rings is 1. The Morgan fingerprint density at radius 1 is 1.37 bits per heavy atom. The maximum absolute atomic E-state index is 11.8. The second-order valence-corrected chi connectivity index (χ2v) is 4.01. The zero-order valence-electron chi connectivity index (χ0n) is 10.8. The van der Waals surface area contributed by atoms with Crippen molar-refractivity contribution in [2.45, 2.75) is 13.3 Å². The maximum Gasteiger partial charge on any atom is 0.251 e. The number of carbonyl (C=O) groups is 2. The number of rotatable bonds is 4. The van der Waals surface area contributed by atoms with E-state index in [0.717, 1.165) is 11.1 Å². The molecule has 0 atom stereocenters. The van der Waals surface area contributed by atoms with Crippen molar-refractivity contribution in [1.82, 2.24) is 5.32 Å². The maximum atomic E-state index is 11.8. The van der Waals surface area contributed by atoms with Crippen molar-refractivity contribution in [3.05, 3.63) is 34.9 Å². The van der Waals surface area contributed by atoms with Gasteiger partial charge in [0.15, 0.2) is 0 Å². The fourth-order valence-corrected chi connectivity index (χ4v) is 1.49. The molecule has 0 heterocycles. The van der Waals surface area contributed by atoms with Gasteiger partial charge in [-0.25, -0.2) is 0 Å². The van der Waals surface area contributed by atoms with Crippen LogP contribution in [0, 0.1) is 18.8 Å². The number of hydrogen-bond donors (Lipinski definition) is 3. The highest BCUT2D eigenvalue weighted by Gasteiger charge is 2.07. The second kappa shape index (κ2) is 7.19. The van der Waals surface area contributed by atoms with Crippen LogP contribution in [-0.2, 0) is 4.79 Å². The van der Waals surface area contributed by atoms with Crippen LogP contribution in [0.15, 0.2) is 18.2 Å². The first kappa shape index (κ1) is 14.7. The molecule has 1 aromatic rings. The number of carbonyl (C=O) groups excluding carboxylic acids is 2. The van der Waals surface area contributed by atoms with Crippen molar-refractivity contribution >= 4 is 11.8 Å². The molecule has 0 saturated carbocycles. The van der Waals surface area contributed by atoms with E-state index in [1.807, 2.05) is 6.92 Å². The highest BCUT2D eigenvalue weighted by Crippen LogP contribution is 2.10. The molecule has 5 heteroatoms. The molecule has 0 aliphatic carbocycles. The standard InChI is InChI=1S/C14H17N3O2/c1-10-9-12(5-4-11(10)3-2-7-15)14(19)17-8-6-13(16)18/h4-5,9H,6-8,15H2,1H3,(H2,16,18)(H,17,19). The van der Waals surface area contributed by atoms with Crippen LogP contribution < -0.4 is 16.8 Å². The van der Waals surface area contributed by atoms with Crippen molar-refractivity contribution in [3.8, 4) is 11.8 Å². The number of primary amides is 1. The molecular formula is C14H17N3O2. The number of hydrogen-bond acceptors (Lipinski definition) is 3. The Balaban J connectivity index is 2.72. The zero-order valence-corrected chi connectivity index (χ0v) is 10.8. The predicted octanol–water partition coefficient (Wildman–Crippen LogP) is -0.0896. The van der Waals surface area contributed by atoms with Crippen LogP contribution in [0.1, 0.15) is 27.9 Å². The highest BCUT2D eigenvalue weighted by molar-refractivity contribution is 5.94. The van der Waals surface area contributed by atoms with Gasteiger partial charge < -0.3 is 16.8 Å². The van der Waals surface area contributed by atoms with Gasteiger partial charge in [-0.1, -0.05) is 11.8 Å². The van der Waals surface area contributed by atoms with E-state index in [0.29, 0.717) is 12.1 Å². The Kier molecular flexibility index (Phi) is 5.58. The van der Waals surface area contributed by atoms with Gasteiger partial charge in [0, 0.05) is 24.1 Å². The normalized spacial score (nSPS) is 9.37. The van der Waals surface area contributed by atoms with Gasteiger partial charge in [0.1, 0.15) is 0 Å². The first-order chi connectivity index (χ1) is 9.04. The van der Waals surface area contributed by atoms with Crippen LogP contribution in [0.25, 0.3) is 0 Å². The van der Waals surface area contributed by atoms with E-state index >= 15 is 0 Å². The van der Waals surface area contributed by atoms with Crippen molar-refractivity contribution in [2.75, 3.05) is 13.1 Å².